The zero-order valence-electron chi connectivity index (χ0n) is 8.89. The summed E-state index contributed by atoms with van der Waals surface area (Å²) in [7, 11) is 0. The second-order valence-electron chi connectivity index (χ2n) is 4.37. The van der Waals surface area contributed by atoms with Gasteiger partial charge in [0.05, 0.1) is 0 Å². The topological polar surface area (TPSA) is 21.3 Å². The van der Waals surface area contributed by atoms with Gasteiger partial charge < -0.3 is 10.1 Å². The Balaban J connectivity index is 2.69. The highest BCUT2D eigenvalue weighted by Gasteiger charge is 2.38. The molecular formula is C10H19NOS. The van der Waals surface area contributed by atoms with Gasteiger partial charge in [0.2, 0.25) is 0 Å². The van der Waals surface area contributed by atoms with Crippen molar-refractivity contribution in [3.63, 3.8) is 0 Å². The molecule has 1 aliphatic rings. The summed E-state index contributed by atoms with van der Waals surface area (Å²) in [6, 6.07) is 0. The summed E-state index contributed by atoms with van der Waals surface area (Å²) >= 11 is 5.07. The van der Waals surface area contributed by atoms with Crippen molar-refractivity contribution in [2.45, 2.75) is 52.2 Å². The quantitative estimate of drug-likeness (QED) is 0.694. The fourth-order valence-corrected chi connectivity index (χ4v) is 2.09. The first kappa shape index (κ1) is 10.8. The van der Waals surface area contributed by atoms with E-state index < -0.39 is 0 Å². The van der Waals surface area contributed by atoms with Crippen LogP contribution in [-0.2, 0) is 4.74 Å². The zero-order valence-corrected chi connectivity index (χ0v) is 9.70. The number of hydrogen-bond acceptors (Lipinski definition) is 2. The molecule has 0 saturated carbocycles. The molecule has 0 aromatic heterocycles. The fraction of sp³-hybridized carbons (Fsp3) is 0.900. The Morgan fingerprint density at radius 1 is 1.54 bits per heavy atom. The molecule has 1 fully saturated rings. The molecule has 0 amide bonds. The van der Waals surface area contributed by atoms with Gasteiger partial charge in [0, 0.05) is 11.5 Å². The third-order valence-corrected chi connectivity index (χ3v) is 3.15. The second kappa shape index (κ2) is 3.82. The van der Waals surface area contributed by atoms with Gasteiger partial charge in [-0.15, -0.1) is 0 Å². The number of rotatable bonds is 2. The van der Waals surface area contributed by atoms with Crippen LogP contribution in [0.1, 0.15) is 40.5 Å². The van der Waals surface area contributed by atoms with Gasteiger partial charge in [0.25, 0.3) is 5.17 Å². The van der Waals surface area contributed by atoms with Crippen LogP contribution in [0.4, 0.5) is 0 Å². The van der Waals surface area contributed by atoms with Crippen molar-refractivity contribution in [3.8, 4) is 0 Å². The highest BCUT2D eigenvalue weighted by Crippen LogP contribution is 2.28. The van der Waals surface area contributed by atoms with Crippen molar-refractivity contribution in [1.29, 1.82) is 0 Å². The molecule has 1 N–H and O–H groups in total. The van der Waals surface area contributed by atoms with Crippen LogP contribution in [0.25, 0.3) is 0 Å². The highest BCUT2D eigenvalue weighted by atomic mass is 32.1. The van der Waals surface area contributed by atoms with Crippen molar-refractivity contribution in [2.75, 3.05) is 0 Å². The molecule has 76 valence electrons. The predicted molar refractivity (Wildman–Crippen MR) is 58.8 cm³/mol. The summed E-state index contributed by atoms with van der Waals surface area (Å²) in [4.78, 5) is 0. The predicted octanol–water partition coefficient (Wildman–Crippen LogP) is 2.47. The Morgan fingerprint density at radius 2 is 2.15 bits per heavy atom. The van der Waals surface area contributed by atoms with Crippen LogP contribution in [0.3, 0.4) is 0 Å². The molecule has 0 aromatic carbocycles. The van der Waals surface area contributed by atoms with E-state index >= 15 is 0 Å². The number of nitrogens with one attached hydrogen (secondary N) is 1. The Bertz CT molecular complexity index is 203. The fourth-order valence-electron chi connectivity index (χ4n) is 1.70. The first-order valence-corrected chi connectivity index (χ1v) is 5.37. The van der Waals surface area contributed by atoms with E-state index in [2.05, 4.69) is 33.0 Å². The van der Waals surface area contributed by atoms with Gasteiger partial charge in [-0.1, -0.05) is 20.3 Å². The number of ether oxygens (including phenoxy) is 1. The third-order valence-electron chi connectivity index (χ3n) is 2.95. The molecule has 1 saturated heterocycles. The first-order chi connectivity index (χ1) is 5.97. The van der Waals surface area contributed by atoms with Gasteiger partial charge >= 0.3 is 0 Å². The summed E-state index contributed by atoms with van der Waals surface area (Å²) in [5.74, 6) is 0.499. The molecule has 2 atom stereocenters. The van der Waals surface area contributed by atoms with E-state index in [0.29, 0.717) is 11.1 Å². The van der Waals surface area contributed by atoms with Gasteiger partial charge in [-0.2, -0.15) is 0 Å². The van der Waals surface area contributed by atoms with E-state index in [1.165, 1.54) is 0 Å². The Morgan fingerprint density at radius 3 is 2.69 bits per heavy atom. The van der Waals surface area contributed by atoms with Crippen LogP contribution in [0.15, 0.2) is 0 Å². The molecule has 1 aliphatic heterocycles. The molecular weight excluding hydrogens is 182 g/mol. The van der Waals surface area contributed by atoms with E-state index in [1.54, 1.807) is 0 Å². The average molecular weight is 201 g/mol. The third kappa shape index (κ3) is 2.33. The molecule has 1 heterocycles. The standard InChI is InChI=1S/C10H19NOS/c1-5-6-8-7(2)10(3,4)11-9(13)12-8/h7-8H,5-6H2,1-4H3,(H,11,13). The smallest absolute Gasteiger partial charge is 0.257 e. The second-order valence-corrected chi connectivity index (χ2v) is 4.74. The maximum Gasteiger partial charge on any atom is 0.257 e. The number of hydrogen-bond donors (Lipinski definition) is 1. The molecule has 3 heteroatoms. The van der Waals surface area contributed by atoms with Gasteiger partial charge in [0.1, 0.15) is 6.10 Å². The van der Waals surface area contributed by atoms with E-state index in [-0.39, 0.29) is 11.6 Å². The Hall–Kier alpha value is -0.310. The van der Waals surface area contributed by atoms with E-state index in [9.17, 15) is 0 Å². The van der Waals surface area contributed by atoms with Gasteiger partial charge in [-0.05, 0) is 32.5 Å². The normalized spacial score (nSPS) is 32.2. The lowest BCUT2D eigenvalue weighted by atomic mass is 9.82. The molecule has 2 nitrogen and oxygen atoms in total. The van der Waals surface area contributed by atoms with Crippen molar-refractivity contribution >= 4 is 17.4 Å². The molecule has 0 spiro atoms. The van der Waals surface area contributed by atoms with E-state index in [4.69, 9.17) is 17.0 Å². The van der Waals surface area contributed by atoms with Gasteiger partial charge in [-0.25, -0.2) is 0 Å². The molecule has 0 aliphatic carbocycles. The molecule has 2 unspecified atom stereocenters. The van der Waals surface area contributed by atoms with Gasteiger partial charge in [0.15, 0.2) is 0 Å². The monoisotopic (exact) mass is 201 g/mol. The lowest BCUT2D eigenvalue weighted by Crippen LogP contribution is -2.58. The maximum atomic E-state index is 5.59. The SMILES string of the molecule is CCCC1OC(=S)NC(C)(C)C1C. The molecule has 1 rings (SSSR count). The summed E-state index contributed by atoms with van der Waals surface area (Å²) < 4.78 is 5.59. The Kier molecular flexibility index (Phi) is 3.17. The molecule has 0 bridgehead atoms. The lowest BCUT2D eigenvalue weighted by Gasteiger charge is -2.43. The number of thiocarbonyl (C=S) groups is 1. The molecule has 13 heavy (non-hydrogen) atoms. The maximum absolute atomic E-state index is 5.59. The largest absolute Gasteiger partial charge is 0.467 e. The first-order valence-electron chi connectivity index (χ1n) is 4.96. The summed E-state index contributed by atoms with van der Waals surface area (Å²) in [6.07, 6.45) is 2.52. The summed E-state index contributed by atoms with van der Waals surface area (Å²) in [5, 5.41) is 3.76. The van der Waals surface area contributed by atoms with Crippen molar-refractivity contribution in [2.24, 2.45) is 5.92 Å². The van der Waals surface area contributed by atoms with Crippen molar-refractivity contribution in [1.82, 2.24) is 5.32 Å². The van der Waals surface area contributed by atoms with Crippen LogP contribution in [0.2, 0.25) is 0 Å². The summed E-state index contributed by atoms with van der Waals surface area (Å²) in [5.41, 5.74) is 0.0647. The zero-order chi connectivity index (χ0) is 10.1. The van der Waals surface area contributed by atoms with Crippen LogP contribution in [0, 0.1) is 5.92 Å². The van der Waals surface area contributed by atoms with Crippen LogP contribution < -0.4 is 5.32 Å². The minimum Gasteiger partial charge on any atom is -0.467 e. The minimum atomic E-state index is 0.0647. The Labute approximate surface area is 86.0 Å². The van der Waals surface area contributed by atoms with Crippen molar-refractivity contribution in [3.05, 3.63) is 0 Å². The average Bonchev–Trinajstić information content (AvgIpc) is 1.99. The van der Waals surface area contributed by atoms with Gasteiger partial charge in [-0.3, -0.25) is 0 Å². The molecule has 0 radical (unpaired) electrons. The lowest BCUT2D eigenvalue weighted by molar-refractivity contribution is 0.0389. The van der Waals surface area contributed by atoms with Crippen LogP contribution >= 0.6 is 12.2 Å². The highest BCUT2D eigenvalue weighted by molar-refractivity contribution is 7.80. The minimum absolute atomic E-state index is 0.0647. The summed E-state index contributed by atoms with van der Waals surface area (Å²) in [6.45, 7) is 8.74. The van der Waals surface area contributed by atoms with Crippen LogP contribution in [-0.4, -0.2) is 16.8 Å². The molecule has 0 aromatic rings. The van der Waals surface area contributed by atoms with E-state index in [1.807, 2.05) is 0 Å². The van der Waals surface area contributed by atoms with E-state index in [0.717, 1.165) is 12.8 Å². The van der Waals surface area contributed by atoms with Crippen LogP contribution in [0.5, 0.6) is 0 Å². The van der Waals surface area contributed by atoms with Crippen molar-refractivity contribution < 1.29 is 4.74 Å².